The summed E-state index contributed by atoms with van der Waals surface area (Å²) in [6.45, 7) is 6.15. The molecule has 0 bridgehead atoms. The van der Waals surface area contributed by atoms with Crippen LogP contribution in [0.1, 0.15) is 26.3 Å². The van der Waals surface area contributed by atoms with Gasteiger partial charge in [0.2, 0.25) is 0 Å². The van der Waals surface area contributed by atoms with Gasteiger partial charge in [-0.05, 0) is 32.9 Å². The minimum atomic E-state index is -0.0454. The van der Waals surface area contributed by atoms with Crippen LogP contribution in [0.25, 0.3) is 0 Å². The van der Waals surface area contributed by atoms with E-state index in [0.29, 0.717) is 0 Å². The molecule has 0 aliphatic rings. The lowest BCUT2D eigenvalue weighted by Gasteiger charge is -2.17. The van der Waals surface area contributed by atoms with E-state index in [9.17, 15) is 0 Å². The van der Waals surface area contributed by atoms with Crippen LogP contribution in [0.15, 0.2) is 23.3 Å². The van der Waals surface area contributed by atoms with Gasteiger partial charge in [-0.2, -0.15) is 5.10 Å². The van der Waals surface area contributed by atoms with Crippen LogP contribution in [0.5, 0.6) is 11.5 Å². The van der Waals surface area contributed by atoms with E-state index in [0.717, 1.165) is 17.1 Å². The van der Waals surface area contributed by atoms with Gasteiger partial charge in [-0.25, -0.2) is 0 Å². The van der Waals surface area contributed by atoms with Crippen molar-refractivity contribution >= 4 is 6.21 Å². The van der Waals surface area contributed by atoms with E-state index in [-0.39, 0.29) is 5.54 Å². The molecule has 0 heterocycles. The molecule has 0 saturated heterocycles. The molecule has 0 saturated carbocycles. The molecule has 0 aliphatic carbocycles. The highest BCUT2D eigenvalue weighted by Gasteiger charge is 2.07. The Bertz CT molecular complexity index is 395. The molecule has 1 aromatic carbocycles. The lowest BCUT2D eigenvalue weighted by atomic mass is 10.1. The number of nitrogens with zero attached hydrogens (tertiary/aromatic N) is 1. The number of hydrogen-bond acceptors (Lipinski definition) is 4. The normalized spacial score (nSPS) is 11.6. The number of hydrogen-bond donors (Lipinski definition) is 1. The highest BCUT2D eigenvalue weighted by atomic mass is 16.5. The van der Waals surface area contributed by atoms with Crippen LogP contribution >= 0.6 is 0 Å². The van der Waals surface area contributed by atoms with Crippen molar-refractivity contribution in [3.05, 3.63) is 23.8 Å². The predicted octanol–water partition coefficient (Wildman–Crippen LogP) is 2.43. The minimum Gasteiger partial charge on any atom is -0.497 e. The standard InChI is InChI=1S/C13H20N2O2/c1-13(2,3)15-14-9-10-6-7-11(16-4)8-12(10)17-5/h6-9,15H,1-5H3. The number of ether oxygens (including phenoxy) is 2. The monoisotopic (exact) mass is 236 g/mol. The van der Waals surface area contributed by atoms with Crippen molar-refractivity contribution in [1.29, 1.82) is 0 Å². The Morgan fingerprint density at radius 2 is 1.88 bits per heavy atom. The highest BCUT2D eigenvalue weighted by Crippen LogP contribution is 2.22. The topological polar surface area (TPSA) is 42.8 Å². The molecule has 0 spiro atoms. The number of nitrogens with one attached hydrogen (secondary N) is 1. The number of rotatable bonds is 4. The van der Waals surface area contributed by atoms with E-state index in [1.807, 2.05) is 18.2 Å². The maximum atomic E-state index is 5.27. The molecule has 1 rings (SSSR count). The van der Waals surface area contributed by atoms with E-state index in [1.165, 1.54) is 0 Å². The zero-order valence-electron chi connectivity index (χ0n) is 11.1. The van der Waals surface area contributed by atoms with Gasteiger partial charge in [0.25, 0.3) is 0 Å². The fourth-order valence-corrected chi connectivity index (χ4v) is 1.22. The van der Waals surface area contributed by atoms with Crippen molar-refractivity contribution < 1.29 is 9.47 Å². The summed E-state index contributed by atoms with van der Waals surface area (Å²) in [5, 5.41) is 4.18. The van der Waals surface area contributed by atoms with Crippen LogP contribution < -0.4 is 14.9 Å². The summed E-state index contributed by atoms with van der Waals surface area (Å²) in [6.07, 6.45) is 1.74. The summed E-state index contributed by atoms with van der Waals surface area (Å²) < 4.78 is 10.4. The smallest absolute Gasteiger partial charge is 0.131 e. The third-order valence-corrected chi connectivity index (χ3v) is 2.04. The minimum absolute atomic E-state index is 0.0454. The lowest BCUT2D eigenvalue weighted by Crippen LogP contribution is -2.31. The average molecular weight is 236 g/mol. The third kappa shape index (κ3) is 4.34. The first-order valence-electron chi connectivity index (χ1n) is 5.48. The molecule has 17 heavy (non-hydrogen) atoms. The van der Waals surface area contributed by atoms with Crippen LogP contribution in [0, 0.1) is 0 Å². The maximum Gasteiger partial charge on any atom is 0.131 e. The summed E-state index contributed by atoms with van der Waals surface area (Å²) in [7, 11) is 3.26. The number of benzene rings is 1. The summed E-state index contributed by atoms with van der Waals surface area (Å²) in [5.41, 5.74) is 3.89. The highest BCUT2D eigenvalue weighted by molar-refractivity contribution is 5.83. The first-order chi connectivity index (χ1) is 7.96. The van der Waals surface area contributed by atoms with Gasteiger partial charge in [-0.3, -0.25) is 0 Å². The Kier molecular flexibility index (Phi) is 4.37. The Balaban J connectivity index is 2.84. The van der Waals surface area contributed by atoms with Gasteiger partial charge < -0.3 is 14.9 Å². The molecule has 0 radical (unpaired) electrons. The Labute approximate surface area is 103 Å². The second kappa shape index (κ2) is 5.57. The fourth-order valence-electron chi connectivity index (χ4n) is 1.22. The maximum absolute atomic E-state index is 5.27. The van der Waals surface area contributed by atoms with E-state index < -0.39 is 0 Å². The molecule has 4 nitrogen and oxygen atoms in total. The van der Waals surface area contributed by atoms with Gasteiger partial charge >= 0.3 is 0 Å². The van der Waals surface area contributed by atoms with Gasteiger partial charge in [0.05, 0.1) is 20.4 Å². The predicted molar refractivity (Wildman–Crippen MR) is 70.0 cm³/mol. The third-order valence-electron chi connectivity index (χ3n) is 2.04. The van der Waals surface area contributed by atoms with Crippen molar-refractivity contribution in [2.45, 2.75) is 26.3 Å². The van der Waals surface area contributed by atoms with Crippen molar-refractivity contribution in [3.8, 4) is 11.5 Å². The Morgan fingerprint density at radius 3 is 2.41 bits per heavy atom. The Hall–Kier alpha value is -1.71. The summed E-state index contributed by atoms with van der Waals surface area (Å²) in [6, 6.07) is 5.62. The number of hydrazone groups is 1. The van der Waals surface area contributed by atoms with Gasteiger partial charge in [0, 0.05) is 17.2 Å². The molecule has 1 N–H and O–H groups in total. The molecule has 0 amide bonds. The zero-order valence-corrected chi connectivity index (χ0v) is 11.1. The van der Waals surface area contributed by atoms with Gasteiger partial charge in [0.1, 0.15) is 11.5 Å². The summed E-state index contributed by atoms with van der Waals surface area (Å²) in [4.78, 5) is 0. The molecule has 0 aliphatic heterocycles. The quantitative estimate of drug-likeness (QED) is 0.645. The Morgan fingerprint density at radius 1 is 1.18 bits per heavy atom. The van der Waals surface area contributed by atoms with E-state index in [2.05, 4.69) is 31.3 Å². The largest absolute Gasteiger partial charge is 0.497 e. The molecule has 1 aromatic rings. The van der Waals surface area contributed by atoms with Crippen LogP contribution in [-0.4, -0.2) is 26.0 Å². The lowest BCUT2D eigenvalue weighted by molar-refractivity contribution is 0.393. The van der Waals surface area contributed by atoms with Crippen LogP contribution in [0.2, 0.25) is 0 Å². The first kappa shape index (κ1) is 13.4. The van der Waals surface area contributed by atoms with Crippen LogP contribution in [0.4, 0.5) is 0 Å². The van der Waals surface area contributed by atoms with Crippen molar-refractivity contribution in [1.82, 2.24) is 5.43 Å². The van der Waals surface area contributed by atoms with Gasteiger partial charge in [-0.1, -0.05) is 0 Å². The van der Waals surface area contributed by atoms with Crippen molar-refractivity contribution in [2.75, 3.05) is 14.2 Å². The van der Waals surface area contributed by atoms with Crippen molar-refractivity contribution in [3.63, 3.8) is 0 Å². The second-order valence-corrected chi connectivity index (χ2v) is 4.73. The fraction of sp³-hybridized carbons (Fsp3) is 0.462. The SMILES string of the molecule is COc1ccc(C=NNC(C)(C)C)c(OC)c1. The van der Waals surface area contributed by atoms with Gasteiger partial charge in [-0.15, -0.1) is 0 Å². The second-order valence-electron chi connectivity index (χ2n) is 4.73. The molecule has 4 heteroatoms. The van der Waals surface area contributed by atoms with E-state index >= 15 is 0 Å². The summed E-state index contributed by atoms with van der Waals surface area (Å²) >= 11 is 0. The molecule has 94 valence electrons. The van der Waals surface area contributed by atoms with E-state index in [4.69, 9.17) is 9.47 Å². The van der Waals surface area contributed by atoms with Crippen LogP contribution in [0.3, 0.4) is 0 Å². The van der Waals surface area contributed by atoms with Gasteiger partial charge in [0.15, 0.2) is 0 Å². The first-order valence-corrected chi connectivity index (χ1v) is 5.48. The molecule has 0 fully saturated rings. The van der Waals surface area contributed by atoms with Crippen molar-refractivity contribution in [2.24, 2.45) is 5.10 Å². The number of methoxy groups -OCH3 is 2. The van der Waals surface area contributed by atoms with E-state index in [1.54, 1.807) is 20.4 Å². The average Bonchev–Trinajstić information content (AvgIpc) is 2.27. The molecular weight excluding hydrogens is 216 g/mol. The molecule has 0 atom stereocenters. The zero-order chi connectivity index (χ0) is 12.9. The molecular formula is C13H20N2O2. The summed E-state index contributed by atoms with van der Waals surface area (Å²) in [5.74, 6) is 1.51. The molecule has 0 aromatic heterocycles. The van der Waals surface area contributed by atoms with Crippen LogP contribution in [-0.2, 0) is 0 Å². The molecule has 0 unspecified atom stereocenters.